The minimum atomic E-state index is -0.538. The molecule has 4 nitrogen and oxygen atoms in total. The number of rotatable bonds is 2. The van der Waals surface area contributed by atoms with E-state index in [0.717, 1.165) is 45.4 Å². The molecule has 1 unspecified atom stereocenters. The van der Waals surface area contributed by atoms with Crippen LogP contribution < -0.4 is 0 Å². The van der Waals surface area contributed by atoms with Crippen molar-refractivity contribution in [2.24, 2.45) is 4.99 Å². The fourth-order valence-corrected chi connectivity index (χ4v) is 4.16. The Bertz CT molecular complexity index is 794. The van der Waals surface area contributed by atoms with Gasteiger partial charge in [-0.2, -0.15) is 0 Å². The summed E-state index contributed by atoms with van der Waals surface area (Å²) in [5, 5.41) is 12.6. The lowest BCUT2D eigenvalue weighted by atomic mass is 10.1. The molecule has 0 saturated carbocycles. The van der Waals surface area contributed by atoms with E-state index in [1.807, 2.05) is 18.2 Å². The summed E-state index contributed by atoms with van der Waals surface area (Å²) in [6, 6.07) is 5.76. The van der Waals surface area contributed by atoms with E-state index < -0.39 is 6.10 Å². The molecular weight excluding hydrogens is 308 g/mol. The molecular formula is C15H13ClN2O2S. The molecule has 1 N–H and O–H groups in total. The Hall–Kier alpha value is -1.43. The van der Waals surface area contributed by atoms with Crippen LogP contribution in [0.1, 0.15) is 12.5 Å². The number of hydrogen-bond donors (Lipinski definition) is 1. The zero-order valence-electron chi connectivity index (χ0n) is 11.3. The van der Waals surface area contributed by atoms with Crippen LogP contribution in [0.4, 0.5) is 0 Å². The first-order valence-corrected chi connectivity index (χ1v) is 7.94. The number of thioether (sulfide) groups is 1. The molecule has 0 saturated heterocycles. The van der Waals surface area contributed by atoms with Gasteiger partial charge in [-0.05, 0) is 25.1 Å². The van der Waals surface area contributed by atoms with Crippen molar-refractivity contribution in [3.63, 3.8) is 0 Å². The summed E-state index contributed by atoms with van der Waals surface area (Å²) in [6.45, 7) is 3.40. The average Bonchev–Trinajstić information content (AvgIpc) is 3.12. The molecule has 1 aromatic carbocycles. The Balaban J connectivity index is 1.92. The Morgan fingerprint density at radius 2 is 2.33 bits per heavy atom. The lowest BCUT2D eigenvalue weighted by Gasteiger charge is -2.18. The fraction of sp³-hybridized carbons (Fsp3) is 0.267. The van der Waals surface area contributed by atoms with Crippen molar-refractivity contribution >= 4 is 45.2 Å². The molecule has 1 atom stereocenters. The molecule has 0 bridgehead atoms. The Labute approximate surface area is 131 Å². The Morgan fingerprint density at radius 3 is 3.14 bits per heavy atom. The molecule has 4 rings (SSSR count). The number of hydrogen-bond acceptors (Lipinski definition) is 5. The standard InChI is InChI=1S/C15H13ClN2O2S/c1-8(19)14-13(18-4-3-17-15(18)21-14)9-6-11(16)10-2-5-20-12(10)7-9/h2,5-8,19H,3-4H2,1H3. The van der Waals surface area contributed by atoms with Crippen LogP contribution in [0, 0.1) is 0 Å². The largest absolute Gasteiger partial charge is 0.464 e. The Kier molecular flexibility index (Phi) is 3.03. The summed E-state index contributed by atoms with van der Waals surface area (Å²) in [7, 11) is 0. The lowest BCUT2D eigenvalue weighted by Crippen LogP contribution is -2.20. The number of amidine groups is 1. The van der Waals surface area contributed by atoms with E-state index in [9.17, 15) is 5.11 Å². The van der Waals surface area contributed by atoms with Crippen LogP contribution >= 0.6 is 23.4 Å². The molecule has 108 valence electrons. The summed E-state index contributed by atoms with van der Waals surface area (Å²) < 4.78 is 5.48. The number of furan rings is 1. The summed E-state index contributed by atoms with van der Waals surface area (Å²) in [4.78, 5) is 7.54. The molecule has 21 heavy (non-hydrogen) atoms. The van der Waals surface area contributed by atoms with Crippen molar-refractivity contribution in [1.82, 2.24) is 4.90 Å². The van der Waals surface area contributed by atoms with Gasteiger partial charge in [-0.1, -0.05) is 23.4 Å². The second kappa shape index (κ2) is 4.80. The van der Waals surface area contributed by atoms with Crippen LogP contribution in [0.15, 0.2) is 38.8 Å². The van der Waals surface area contributed by atoms with E-state index in [0.29, 0.717) is 5.02 Å². The zero-order chi connectivity index (χ0) is 14.6. The average molecular weight is 321 g/mol. The van der Waals surface area contributed by atoms with E-state index in [4.69, 9.17) is 16.0 Å². The van der Waals surface area contributed by atoms with Crippen molar-refractivity contribution < 1.29 is 9.52 Å². The second-order valence-corrected chi connectivity index (χ2v) is 6.51. The van der Waals surface area contributed by atoms with E-state index in [-0.39, 0.29) is 0 Å². The van der Waals surface area contributed by atoms with Gasteiger partial charge in [0, 0.05) is 22.4 Å². The van der Waals surface area contributed by atoms with Crippen molar-refractivity contribution in [2.75, 3.05) is 13.1 Å². The van der Waals surface area contributed by atoms with Gasteiger partial charge in [0.2, 0.25) is 0 Å². The summed E-state index contributed by atoms with van der Waals surface area (Å²) in [6.07, 6.45) is 1.10. The highest BCUT2D eigenvalue weighted by Gasteiger charge is 2.35. The van der Waals surface area contributed by atoms with Crippen LogP contribution in [0.3, 0.4) is 0 Å². The van der Waals surface area contributed by atoms with Gasteiger partial charge in [-0.3, -0.25) is 4.99 Å². The van der Waals surface area contributed by atoms with Gasteiger partial charge in [-0.25, -0.2) is 0 Å². The number of aliphatic hydroxyl groups excluding tert-OH is 1. The third-order valence-electron chi connectivity index (χ3n) is 3.68. The number of nitrogens with zero attached hydrogens (tertiary/aromatic N) is 2. The van der Waals surface area contributed by atoms with Crippen molar-refractivity contribution in [1.29, 1.82) is 0 Å². The highest BCUT2D eigenvalue weighted by molar-refractivity contribution is 8.17. The van der Waals surface area contributed by atoms with Gasteiger partial charge in [0.1, 0.15) is 5.58 Å². The third-order valence-corrected chi connectivity index (χ3v) is 5.28. The van der Waals surface area contributed by atoms with Gasteiger partial charge < -0.3 is 14.4 Å². The predicted molar refractivity (Wildman–Crippen MR) is 86.4 cm³/mol. The molecule has 2 aromatic rings. The first-order valence-electron chi connectivity index (χ1n) is 6.74. The first kappa shape index (κ1) is 13.2. The third kappa shape index (κ3) is 1.99. The maximum atomic E-state index is 10.1. The summed E-state index contributed by atoms with van der Waals surface area (Å²) in [5.74, 6) is 0. The topological polar surface area (TPSA) is 49.0 Å². The quantitative estimate of drug-likeness (QED) is 0.919. The molecule has 2 aliphatic heterocycles. The molecule has 0 amide bonds. The minimum absolute atomic E-state index is 0.538. The van der Waals surface area contributed by atoms with E-state index >= 15 is 0 Å². The number of aliphatic hydroxyl groups is 1. The van der Waals surface area contributed by atoms with Gasteiger partial charge in [0.25, 0.3) is 0 Å². The van der Waals surface area contributed by atoms with E-state index in [1.165, 1.54) is 11.8 Å². The van der Waals surface area contributed by atoms with Crippen LogP contribution in [0.2, 0.25) is 5.02 Å². The molecule has 0 fully saturated rings. The fourth-order valence-electron chi connectivity index (χ4n) is 2.75. The maximum Gasteiger partial charge on any atom is 0.168 e. The second-order valence-electron chi connectivity index (χ2n) is 5.10. The van der Waals surface area contributed by atoms with E-state index in [1.54, 1.807) is 13.2 Å². The smallest absolute Gasteiger partial charge is 0.168 e. The van der Waals surface area contributed by atoms with Gasteiger partial charge >= 0.3 is 0 Å². The van der Waals surface area contributed by atoms with Gasteiger partial charge in [-0.15, -0.1) is 0 Å². The first-order chi connectivity index (χ1) is 10.1. The summed E-state index contributed by atoms with van der Waals surface area (Å²) >= 11 is 7.89. The molecule has 1 aromatic heterocycles. The van der Waals surface area contributed by atoms with Crippen LogP contribution in [0.25, 0.3) is 16.7 Å². The van der Waals surface area contributed by atoms with Crippen LogP contribution in [-0.4, -0.2) is 34.4 Å². The molecule has 0 spiro atoms. The molecule has 0 radical (unpaired) electrons. The molecule has 2 aliphatic rings. The molecule has 6 heteroatoms. The predicted octanol–water partition coefficient (Wildman–Crippen LogP) is 3.55. The highest BCUT2D eigenvalue weighted by Crippen LogP contribution is 2.44. The van der Waals surface area contributed by atoms with Crippen LogP contribution in [0.5, 0.6) is 0 Å². The zero-order valence-corrected chi connectivity index (χ0v) is 12.9. The van der Waals surface area contributed by atoms with Crippen molar-refractivity contribution in [2.45, 2.75) is 13.0 Å². The lowest BCUT2D eigenvalue weighted by molar-refractivity contribution is 0.240. The number of fused-ring (bicyclic) bond motifs is 2. The normalized spacial score (nSPS) is 19.4. The van der Waals surface area contributed by atoms with Crippen molar-refractivity contribution in [3.05, 3.63) is 40.0 Å². The summed E-state index contributed by atoms with van der Waals surface area (Å²) in [5.41, 5.74) is 2.70. The van der Waals surface area contributed by atoms with Crippen LogP contribution in [-0.2, 0) is 0 Å². The highest BCUT2D eigenvalue weighted by atomic mass is 35.5. The minimum Gasteiger partial charge on any atom is -0.464 e. The van der Waals surface area contributed by atoms with Crippen molar-refractivity contribution in [3.8, 4) is 0 Å². The van der Waals surface area contributed by atoms with Gasteiger partial charge in [0.15, 0.2) is 5.17 Å². The number of benzene rings is 1. The number of aliphatic imine (C=N–C) groups is 1. The monoisotopic (exact) mass is 320 g/mol. The maximum absolute atomic E-state index is 10.1. The SMILES string of the molecule is CC(O)C1=C(c2cc(Cl)c3ccoc3c2)N2CCN=C2S1. The van der Waals surface area contributed by atoms with Gasteiger partial charge in [0.05, 0.1) is 29.6 Å². The molecule has 0 aliphatic carbocycles. The molecule has 3 heterocycles. The van der Waals surface area contributed by atoms with E-state index in [2.05, 4.69) is 9.89 Å². The number of halogens is 1. The Morgan fingerprint density at radius 1 is 1.48 bits per heavy atom.